The van der Waals surface area contributed by atoms with E-state index in [0.29, 0.717) is 25.3 Å². The molecule has 33 heavy (non-hydrogen) atoms. The molecule has 2 aromatic carbocycles. The summed E-state index contributed by atoms with van der Waals surface area (Å²) >= 11 is 1.38. The van der Waals surface area contributed by atoms with Crippen molar-refractivity contribution < 1.29 is 24.2 Å². The maximum absolute atomic E-state index is 12.7. The summed E-state index contributed by atoms with van der Waals surface area (Å²) in [6.07, 6.45) is 0.236. The third-order valence-electron chi connectivity index (χ3n) is 6.75. The highest BCUT2D eigenvalue weighted by molar-refractivity contribution is 8.00. The molecule has 1 aliphatic heterocycles. The van der Waals surface area contributed by atoms with Crippen LogP contribution in [0.1, 0.15) is 23.5 Å². The fourth-order valence-corrected chi connectivity index (χ4v) is 5.91. The van der Waals surface area contributed by atoms with Gasteiger partial charge in [-0.1, -0.05) is 48.5 Å². The lowest BCUT2D eigenvalue weighted by Crippen LogP contribution is -2.45. The molecule has 8 heteroatoms. The normalized spacial score (nSPS) is 23.4. The van der Waals surface area contributed by atoms with E-state index in [1.165, 1.54) is 34.0 Å². The molecule has 2 aliphatic carbocycles. The number of nitrogens with one attached hydrogen (secondary N) is 1. The predicted molar refractivity (Wildman–Crippen MR) is 125 cm³/mol. The van der Waals surface area contributed by atoms with Crippen LogP contribution >= 0.6 is 11.8 Å². The Hall–Kier alpha value is -3.00. The molecule has 1 saturated carbocycles. The number of thioether (sulfide) groups is 1. The predicted octanol–water partition coefficient (Wildman–Crippen LogP) is 3.19. The van der Waals surface area contributed by atoms with E-state index >= 15 is 0 Å². The molecule has 3 unspecified atom stereocenters. The van der Waals surface area contributed by atoms with Crippen LogP contribution in [0.5, 0.6) is 0 Å². The van der Waals surface area contributed by atoms with Crippen molar-refractivity contribution >= 4 is 29.7 Å². The molecule has 3 atom stereocenters. The lowest BCUT2D eigenvalue weighted by atomic mass is 9.98. The molecule has 172 valence electrons. The second-order valence-electron chi connectivity index (χ2n) is 8.79. The summed E-state index contributed by atoms with van der Waals surface area (Å²) in [5, 5.41) is 11.5. The molecule has 2 N–H and O–H groups in total. The first kappa shape index (κ1) is 21.8. The zero-order chi connectivity index (χ0) is 22.9. The fraction of sp³-hybridized carbons (Fsp3) is 0.400. The Balaban J connectivity index is 1.10. The van der Waals surface area contributed by atoms with Gasteiger partial charge in [-0.25, -0.2) is 4.79 Å². The summed E-state index contributed by atoms with van der Waals surface area (Å²) in [7, 11) is 0. The van der Waals surface area contributed by atoms with E-state index in [9.17, 15) is 19.5 Å². The van der Waals surface area contributed by atoms with Gasteiger partial charge in [0, 0.05) is 37.2 Å². The molecule has 2 amide bonds. The Labute approximate surface area is 196 Å². The molecule has 2 aromatic rings. The van der Waals surface area contributed by atoms with Crippen molar-refractivity contribution in [3.8, 4) is 11.1 Å². The van der Waals surface area contributed by atoms with E-state index in [0.717, 1.165) is 0 Å². The number of hydrogen-bond donors (Lipinski definition) is 2. The molecule has 3 aliphatic rings. The maximum Gasteiger partial charge on any atom is 0.407 e. The van der Waals surface area contributed by atoms with Crippen LogP contribution in [0.2, 0.25) is 0 Å². The number of carbonyl (C=O) groups is 3. The molecule has 7 nitrogen and oxygen atoms in total. The maximum atomic E-state index is 12.7. The highest BCUT2D eigenvalue weighted by Crippen LogP contribution is 2.44. The van der Waals surface area contributed by atoms with Gasteiger partial charge in [-0.3, -0.25) is 9.59 Å². The molecule has 0 radical (unpaired) electrons. The smallest absolute Gasteiger partial charge is 0.407 e. The van der Waals surface area contributed by atoms with Crippen LogP contribution in [0.4, 0.5) is 4.79 Å². The molecular weight excluding hydrogens is 440 g/mol. The van der Waals surface area contributed by atoms with Gasteiger partial charge in [-0.2, -0.15) is 0 Å². The summed E-state index contributed by atoms with van der Waals surface area (Å²) in [5.74, 6) is -0.287. The number of alkyl carbamates (subject to hydrolysis) is 1. The standard InChI is InChI=1S/C25H26N2O5S/c28-23(27-9-10-33-22(13-27)24(29)30)20-11-15(20)12-26-25(31)32-14-21-18-7-3-1-5-16(18)17-6-2-4-8-19(17)21/h1-8,15,20-22H,9-14H2,(H,26,31)(H,29,30). The number of nitrogens with zero attached hydrogens (tertiary/aromatic N) is 1. The van der Waals surface area contributed by atoms with Gasteiger partial charge < -0.3 is 20.1 Å². The summed E-state index contributed by atoms with van der Waals surface area (Å²) in [4.78, 5) is 37.9. The number of rotatable bonds is 6. The number of aliphatic carboxylic acids is 1. The number of hydrogen-bond acceptors (Lipinski definition) is 5. The van der Waals surface area contributed by atoms with Crippen LogP contribution in [-0.2, 0) is 14.3 Å². The SMILES string of the molecule is O=C(NCC1CC1C(=O)N1CCSC(C(=O)O)C1)OCC1c2ccccc2-c2ccccc21. The van der Waals surface area contributed by atoms with E-state index in [1.54, 1.807) is 4.90 Å². The highest BCUT2D eigenvalue weighted by atomic mass is 32.2. The molecule has 0 bridgehead atoms. The molecule has 0 spiro atoms. The molecular formula is C25H26N2O5S. The minimum Gasteiger partial charge on any atom is -0.480 e. The van der Waals surface area contributed by atoms with Crippen LogP contribution in [-0.4, -0.2) is 65.2 Å². The number of carboxylic acids is 1. The summed E-state index contributed by atoms with van der Waals surface area (Å²) in [5.41, 5.74) is 4.70. The van der Waals surface area contributed by atoms with E-state index in [2.05, 4.69) is 29.6 Å². The van der Waals surface area contributed by atoms with Crippen molar-refractivity contribution in [2.75, 3.05) is 32.0 Å². The molecule has 1 heterocycles. The van der Waals surface area contributed by atoms with Gasteiger partial charge in [0.1, 0.15) is 11.9 Å². The highest BCUT2D eigenvalue weighted by Gasteiger charge is 2.46. The minimum atomic E-state index is -0.873. The van der Waals surface area contributed by atoms with Crippen LogP contribution in [0.25, 0.3) is 11.1 Å². The Kier molecular flexibility index (Phi) is 6.01. The van der Waals surface area contributed by atoms with Crippen molar-refractivity contribution in [3.63, 3.8) is 0 Å². The molecule has 0 aromatic heterocycles. The van der Waals surface area contributed by atoms with Gasteiger partial charge in [0.05, 0.1) is 0 Å². The Morgan fingerprint density at radius 2 is 1.73 bits per heavy atom. The van der Waals surface area contributed by atoms with Gasteiger partial charge in [0.2, 0.25) is 5.91 Å². The lowest BCUT2D eigenvalue weighted by molar-refractivity contribution is -0.138. The van der Waals surface area contributed by atoms with Crippen LogP contribution < -0.4 is 5.32 Å². The zero-order valence-corrected chi connectivity index (χ0v) is 18.9. The number of fused-ring (bicyclic) bond motifs is 3. The topological polar surface area (TPSA) is 95.9 Å². The molecule has 2 fully saturated rings. The first-order valence-corrected chi connectivity index (χ1v) is 12.3. The van der Waals surface area contributed by atoms with Crippen LogP contribution in [0.3, 0.4) is 0 Å². The van der Waals surface area contributed by atoms with Crippen LogP contribution in [0, 0.1) is 11.8 Å². The van der Waals surface area contributed by atoms with E-state index in [1.807, 2.05) is 24.3 Å². The number of amides is 2. The first-order valence-electron chi connectivity index (χ1n) is 11.2. The van der Waals surface area contributed by atoms with Crippen molar-refractivity contribution in [2.24, 2.45) is 11.8 Å². The number of carbonyl (C=O) groups excluding carboxylic acids is 2. The second kappa shape index (κ2) is 9.09. The minimum absolute atomic E-state index is 0.000821. The first-order chi connectivity index (χ1) is 16.0. The second-order valence-corrected chi connectivity index (χ2v) is 10.1. The van der Waals surface area contributed by atoms with Crippen molar-refractivity contribution in [1.29, 1.82) is 0 Å². The monoisotopic (exact) mass is 466 g/mol. The van der Waals surface area contributed by atoms with Crippen molar-refractivity contribution in [1.82, 2.24) is 10.2 Å². The average Bonchev–Trinajstić information content (AvgIpc) is 3.56. The van der Waals surface area contributed by atoms with E-state index in [-0.39, 0.29) is 36.8 Å². The van der Waals surface area contributed by atoms with Gasteiger partial charge in [0.25, 0.3) is 0 Å². The summed E-state index contributed by atoms with van der Waals surface area (Å²) < 4.78 is 5.56. The summed E-state index contributed by atoms with van der Waals surface area (Å²) in [6, 6.07) is 16.4. The number of carboxylic acid groups (broad SMARTS) is 1. The largest absolute Gasteiger partial charge is 0.480 e. The Morgan fingerprint density at radius 1 is 1.06 bits per heavy atom. The quantitative estimate of drug-likeness (QED) is 0.679. The van der Waals surface area contributed by atoms with Crippen molar-refractivity contribution in [3.05, 3.63) is 59.7 Å². The van der Waals surface area contributed by atoms with Crippen LogP contribution in [0.15, 0.2) is 48.5 Å². The number of benzene rings is 2. The molecule has 1 saturated heterocycles. The van der Waals surface area contributed by atoms with Crippen molar-refractivity contribution in [2.45, 2.75) is 17.6 Å². The van der Waals surface area contributed by atoms with Gasteiger partial charge >= 0.3 is 12.1 Å². The summed E-state index contributed by atoms with van der Waals surface area (Å²) in [6.45, 7) is 1.48. The number of ether oxygens (including phenoxy) is 1. The Morgan fingerprint density at radius 3 is 2.39 bits per heavy atom. The molecule has 5 rings (SSSR count). The van der Waals surface area contributed by atoms with Gasteiger partial charge in [-0.15, -0.1) is 11.8 Å². The fourth-order valence-electron chi connectivity index (χ4n) is 4.87. The average molecular weight is 467 g/mol. The third kappa shape index (κ3) is 4.44. The lowest BCUT2D eigenvalue weighted by Gasteiger charge is -2.30. The van der Waals surface area contributed by atoms with E-state index < -0.39 is 17.3 Å². The third-order valence-corrected chi connectivity index (χ3v) is 7.92. The Bertz CT molecular complexity index is 1040. The van der Waals surface area contributed by atoms with E-state index in [4.69, 9.17) is 4.74 Å². The van der Waals surface area contributed by atoms with Gasteiger partial charge in [-0.05, 0) is 34.6 Å². The zero-order valence-electron chi connectivity index (χ0n) is 18.1. The van der Waals surface area contributed by atoms with Gasteiger partial charge in [0.15, 0.2) is 0 Å².